The van der Waals surface area contributed by atoms with Crippen molar-refractivity contribution < 1.29 is 23.7 Å². The lowest BCUT2D eigenvalue weighted by Crippen LogP contribution is -2.08. The van der Waals surface area contributed by atoms with Crippen LogP contribution in [0, 0.1) is 0 Å². The number of rotatable bonds is 10. The molecule has 182 valence electrons. The van der Waals surface area contributed by atoms with Gasteiger partial charge in [0, 0.05) is 41.7 Å². The number of ether oxygens (including phenoxy) is 5. The van der Waals surface area contributed by atoms with E-state index in [2.05, 4.69) is 20.3 Å². The number of hydrogen-bond donors (Lipinski definition) is 1. The van der Waals surface area contributed by atoms with Crippen LogP contribution in [-0.4, -0.2) is 42.4 Å². The largest absolute Gasteiger partial charge is 0.497 e. The van der Waals surface area contributed by atoms with E-state index in [1.165, 1.54) is 6.33 Å². The normalized spacial score (nSPS) is 10.8. The first kappa shape index (κ1) is 23.9. The van der Waals surface area contributed by atoms with Crippen LogP contribution in [0.5, 0.6) is 28.9 Å². The summed E-state index contributed by atoms with van der Waals surface area (Å²) in [7, 11) is 4.81. The van der Waals surface area contributed by atoms with Crippen molar-refractivity contribution >= 4 is 22.4 Å². The first-order chi connectivity index (χ1) is 17.0. The van der Waals surface area contributed by atoms with Crippen LogP contribution in [0.2, 0.25) is 0 Å². The highest BCUT2D eigenvalue weighted by atomic mass is 16.5. The number of anilines is 2. The zero-order chi connectivity index (χ0) is 24.8. The van der Waals surface area contributed by atoms with Gasteiger partial charge in [0.05, 0.1) is 38.3 Å². The van der Waals surface area contributed by atoms with Gasteiger partial charge in [-0.05, 0) is 32.0 Å². The second-order valence-corrected chi connectivity index (χ2v) is 7.88. The first-order valence-electron chi connectivity index (χ1n) is 11.1. The number of benzene rings is 2. The van der Waals surface area contributed by atoms with Crippen molar-refractivity contribution in [1.29, 1.82) is 0 Å². The number of nitrogens with zero attached hydrogens (tertiary/aromatic N) is 3. The molecule has 0 aliphatic heterocycles. The molecule has 0 spiro atoms. The third-order valence-corrected chi connectivity index (χ3v) is 5.13. The molecule has 4 rings (SSSR count). The van der Waals surface area contributed by atoms with Gasteiger partial charge in [0.15, 0.2) is 0 Å². The monoisotopic (exact) mass is 476 g/mol. The highest BCUT2D eigenvalue weighted by molar-refractivity contribution is 5.96. The van der Waals surface area contributed by atoms with Gasteiger partial charge in [-0.3, -0.25) is 0 Å². The molecule has 9 heteroatoms. The van der Waals surface area contributed by atoms with E-state index in [4.69, 9.17) is 23.7 Å². The quantitative estimate of drug-likeness (QED) is 0.333. The predicted octanol–water partition coefficient (Wildman–Crippen LogP) is 5.16. The lowest BCUT2D eigenvalue weighted by Gasteiger charge is -2.17. The Bertz CT molecular complexity index is 1310. The Balaban J connectivity index is 1.68. The van der Waals surface area contributed by atoms with Gasteiger partial charge in [0.1, 0.15) is 41.8 Å². The maximum atomic E-state index is 6.14. The van der Waals surface area contributed by atoms with Gasteiger partial charge in [0.2, 0.25) is 5.88 Å². The van der Waals surface area contributed by atoms with Crippen LogP contribution in [0.1, 0.15) is 19.4 Å². The molecule has 0 bridgehead atoms. The fourth-order valence-corrected chi connectivity index (χ4v) is 3.52. The number of pyridine rings is 1. The summed E-state index contributed by atoms with van der Waals surface area (Å²) in [5.74, 6) is 3.72. The van der Waals surface area contributed by atoms with Gasteiger partial charge in [-0.25, -0.2) is 15.0 Å². The van der Waals surface area contributed by atoms with Crippen molar-refractivity contribution in [3.8, 4) is 28.9 Å². The van der Waals surface area contributed by atoms with E-state index in [1.807, 2.05) is 50.2 Å². The number of nitrogens with one attached hydrogen (secondary N) is 1. The second-order valence-electron chi connectivity index (χ2n) is 7.88. The van der Waals surface area contributed by atoms with Crippen molar-refractivity contribution in [3.63, 3.8) is 0 Å². The lowest BCUT2D eigenvalue weighted by molar-refractivity contribution is 0.242. The summed E-state index contributed by atoms with van der Waals surface area (Å²) in [6.07, 6.45) is 3.10. The highest BCUT2D eigenvalue weighted by Crippen LogP contribution is 2.37. The van der Waals surface area contributed by atoms with Crippen LogP contribution < -0.4 is 29.0 Å². The first-order valence-corrected chi connectivity index (χ1v) is 11.1. The summed E-state index contributed by atoms with van der Waals surface area (Å²) in [4.78, 5) is 13.1. The average Bonchev–Trinajstić information content (AvgIpc) is 2.87. The Labute approximate surface area is 204 Å². The smallest absolute Gasteiger partial charge is 0.214 e. The molecule has 0 amide bonds. The SMILES string of the molecule is COc1ccc(COc2cc(OC(C)C)c3c(Nc4ccnc(OC)c4)ncnc3c2)c(OC)c1. The summed E-state index contributed by atoms with van der Waals surface area (Å²) < 4.78 is 28.2. The molecule has 35 heavy (non-hydrogen) atoms. The number of fused-ring (bicyclic) bond motifs is 1. The van der Waals surface area contributed by atoms with Crippen molar-refractivity contribution in [2.75, 3.05) is 26.6 Å². The molecular formula is C26H28N4O5. The van der Waals surface area contributed by atoms with Crippen LogP contribution >= 0.6 is 0 Å². The van der Waals surface area contributed by atoms with Gasteiger partial charge in [-0.2, -0.15) is 0 Å². The summed E-state index contributed by atoms with van der Waals surface area (Å²) in [5, 5.41) is 4.06. The second kappa shape index (κ2) is 10.8. The molecule has 2 aromatic carbocycles. The summed E-state index contributed by atoms with van der Waals surface area (Å²) in [6, 6.07) is 12.9. The molecular weight excluding hydrogens is 448 g/mol. The molecule has 4 aromatic rings. The fraction of sp³-hybridized carbons (Fsp3) is 0.269. The third-order valence-electron chi connectivity index (χ3n) is 5.13. The molecule has 0 fully saturated rings. The molecule has 1 N–H and O–H groups in total. The minimum Gasteiger partial charge on any atom is -0.497 e. The Morgan fingerprint density at radius 3 is 2.40 bits per heavy atom. The molecule has 9 nitrogen and oxygen atoms in total. The van der Waals surface area contributed by atoms with Gasteiger partial charge in [-0.15, -0.1) is 0 Å². The third kappa shape index (κ3) is 5.63. The van der Waals surface area contributed by atoms with Crippen molar-refractivity contribution in [2.45, 2.75) is 26.6 Å². The van der Waals surface area contributed by atoms with Gasteiger partial charge < -0.3 is 29.0 Å². The van der Waals surface area contributed by atoms with E-state index in [0.717, 1.165) is 16.6 Å². The summed E-state index contributed by atoms with van der Waals surface area (Å²) in [5.41, 5.74) is 2.34. The molecule has 0 aliphatic carbocycles. The molecule has 2 heterocycles. The average molecular weight is 477 g/mol. The Hall–Kier alpha value is -4.27. The van der Waals surface area contributed by atoms with E-state index in [0.29, 0.717) is 46.8 Å². The highest BCUT2D eigenvalue weighted by Gasteiger charge is 2.16. The van der Waals surface area contributed by atoms with Crippen LogP contribution in [0.3, 0.4) is 0 Å². The van der Waals surface area contributed by atoms with Crippen LogP contribution in [-0.2, 0) is 6.61 Å². The van der Waals surface area contributed by atoms with Gasteiger partial charge in [-0.1, -0.05) is 0 Å². The standard InChI is InChI=1S/C26H28N4O5/c1-16(2)35-23-13-20(34-14-17-6-7-19(31-3)12-22(17)32-4)11-21-25(23)26(29-15-28-21)30-18-8-9-27-24(10-18)33-5/h6-13,15-16H,14H2,1-5H3,(H,27,28,29,30). The molecule has 2 aromatic heterocycles. The predicted molar refractivity (Wildman–Crippen MR) is 133 cm³/mol. The Morgan fingerprint density at radius 1 is 0.829 bits per heavy atom. The maximum absolute atomic E-state index is 6.14. The summed E-state index contributed by atoms with van der Waals surface area (Å²) in [6.45, 7) is 4.23. The number of aromatic nitrogens is 3. The van der Waals surface area contributed by atoms with Crippen molar-refractivity contribution in [3.05, 3.63) is 60.6 Å². The zero-order valence-corrected chi connectivity index (χ0v) is 20.4. The van der Waals surface area contributed by atoms with Crippen LogP contribution in [0.25, 0.3) is 10.9 Å². The van der Waals surface area contributed by atoms with Gasteiger partial charge in [0.25, 0.3) is 0 Å². The number of methoxy groups -OCH3 is 3. The molecule has 0 atom stereocenters. The van der Waals surface area contributed by atoms with Crippen molar-refractivity contribution in [2.24, 2.45) is 0 Å². The number of hydrogen-bond acceptors (Lipinski definition) is 9. The molecule has 0 aliphatic rings. The zero-order valence-electron chi connectivity index (χ0n) is 20.4. The van der Waals surface area contributed by atoms with E-state index in [1.54, 1.807) is 33.6 Å². The van der Waals surface area contributed by atoms with Gasteiger partial charge >= 0.3 is 0 Å². The van der Waals surface area contributed by atoms with E-state index < -0.39 is 0 Å². The fourth-order valence-electron chi connectivity index (χ4n) is 3.52. The maximum Gasteiger partial charge on any atom is 0.214 e. The molecule has 0 unspecified atom stereocenters. The van der Waals surface area contributed by atoms with E-state index in [9.17, 15) is 0 Å². The summed E-state index contributed by atoms with van der Waals surface area (Å²) >= 11 is 0. The van der Waals surface area contributed by atoms with Crippen molar-refractivity contribution in [1.82, 2.24) is 15.0 Å². The molecule has 0 radical (unpaired) electrons. The molecule has 0 saturated heterocycles. The Kier molecular flexibility index (Phi) is 7.35. The van der Waals surface area contributed by atoms with Crippen LogP contribution in [0.15, 0.2) is 55.0 Å². The van der Waals surface area contributed by atoms with E-state index in [-0.39, 0.29) is 6.10 Å². The van der Waals surface area contributed by atoms with Crippen LogP contribution in [0.4, 0.5) is 11.5 Å². The topological polar surface area (TPSA) is 96.9 Å². The van der Waals surface area contributed by atoms with E-state index >= 15 is 0 Å². The minimum atomic E-state index is -0.0655. The Morgan fingerprint density at radius 2 is 1.66 bits per heavy atom. The lowest BCUT2D eigenvalue weighted by atomic mass is 10.1. The minimum absolute atomic E-state index is 0.0655. The molecule has 0 saturated carbocycles.